The van der Waals surface area contributed by atoms with Crippen molar-refractivity contribution in [3.63, 3.8) is 0 Å². The van der Waals surface area contributed by atoms with Crippen molar-refractivity contribution in [1.82, 2.24) is 0 Å². The SMILES string of the molecule is COc1ccc(-c2coc3cc(OC4OC(COC(=O)C=Cc5ccc(O)cc5)C(O)C(O)C4OC(=O)C=Cc4ccc(O)cc4)ccc3c2=O)cc1. The standard InChI is InChI=1S/C40H34O13/c1-48-28-14-8-25(9-15-28)31-21-49-32-20-29(16-17-30(32)36(31)45)51-40-39(53-35(44)19-7-24-4-12-27(42)13-5-24)38(47)37(46)33(52-40)22-50-34(43)18-6-23-2-10-26(41)11-3-23/h2-21,33,37-42,46-47H,22H2,1H3. The van der Waals surface area contributed by atoms with Crippen LogP contribution in [-0.2, 0) is 23.8 Å². The van der Waals surface area contributed by atoms with Gasteiger partial charge in [0.1, 0.15) is 59.8 Å². The first-order chi connectivity index (χ1) is 25.6. The van der Waals surface area contributed by atoms with E-state index in [1.54, 1.807) is 55.6 Å². The second-order valence-corrected chi connectivity index (χ2v) is 11.9. The van der Waals surface area contributed by atoms with E-state index in [0.29, 0.717) is 28.0 Å². The van der Waals surface area contributed by atoms with Gasteiger partial charge in [-0.25, -0.2) is 9.59 Å². The Labute approximate surface area is 302 Å². The number of aliphatic hydroxyl groups is 2. The summed E-state index contributed by atoms with van der Waals surface area (Å²) < 4.78 is 33.7. The molecule has 5 aromatic rings. The Kier molecular flexibility index (Phi) is 11.2. The summed E-state index contributed by atoms with van der Waals surface area (Å²) in [4.78, 5) is 38.7. The van der Waals surface area contributed by atoms with E-state index in [9.17, 15) is 34.8 Å². The summed E-state index contributed by atoms with van der Waals surface area (Å²) >= 11 is 0. The third kappa shape index (κ3) is 8.91. The molecule has 13 heteroatoms. The first kappa shape index (κ1) is 36.4. The number of rotatable bonds is 11. The highest BCUT2D eigenvalue weighted by Crippen LogP contribution is 2.30. The molecule has 4 N–H and O–H groups in total. The number of ether oxygens (including phenoxy) is 5. The second kappa shape index (κ2) is 16.3. The summed E-state index contributed by atoms with van der Waals surface area (Å²) in [6, 6.07) is 23.4. The Balaban J connectivity index is 1.21. The van der Waals surface area contributed by atoms with E-state index in [1.807, 2.05) is 0 Å². The number of benzene rings is 4. The molecular formula is C40H34O13. The van der Waals surface area contributed by atoms with Gasteiger partial charge < -0.3 is 48.5 Å². The molecule has 1 fully saturated rings. The average molecular weight is 723 g/mol. The Morgan fingerprint density at radius 2 is 1.38 bits per heavy atom. The van der Waals surface area contributed by atoms with Gasteiger partial charge in [0.05, 0.1) is 18.1 Å². The Morgan fingerprint density at radius 3 is 2.00 bits per heavy atom. The zero-order chi connectivity index (χ0) is 37.5. The fraction of sp³-hybridized carbons (Fsp3) is 0.175. The number of fused-ring (bicyclic) bond motifs is 1. The predicted octanol–water partition coefficient (Wildman–Crippen LogP) is 4.59. The van der Waals surface area contributed by atoms with Crippen LogP contribution in [0.5, 0.6) is 23.0 Å². The van der Waals surface area contributed by atoms with Crippen LogP contribution >= 0.6 is 0 Å². The summed E-state index contributed by atoms with van der Waals surface area (Å²) in [6.45, 7) is -0.515. The Morgan fingerprint density at radius 1 is 0.774 bits per heavy atom. The third-order valence-corrected chi connectivity index (χ3v) is 8.30. The van der Waals surface area contributed by atoms with Gasteiger partial charge in [-0.3, -0.25) is 4.79 Å². The molecule has 4 aromatic carbocycles. The van der Waals surface area contributed by atoms with Gasteiger partial charge in [-0.1, -0.05) is 36.4 Å². The molecule has 1 aromatic heterocycles. The first-order valence-electron chi connectivity index (χ1n) is 16.3. The quantitative estimate of drug-likeness (QED) is 0.110. The van der Waals surface area contributed by atoms with E-state index >= 15 is 0 Å². The molecule has 272 valence electrons. The molecule has 1 aliphatic heterocycles. The zero-order valence-corrected chi connectivity index (χ0v) is 28.1. The summed E-state index contributed by atoms with van der Waals surface area (Å²) in [7, 11) is 1.54. The summed E-state index contributed by atoms with van der Waals surface area (Å²) in [5.41, 5.74) is 1.99. The minimum absolute atomic E-state index is 0.0421. The predicted molar refractivity (Wildman–Crippen MR) is 191 cm³/mol. The largest absolute Gasteiger partial charge is 0.508 e. The number of methoxy groups -OCH3 is 1. The molecule has 5 unspecified atom stereocenters. The lowest BCUT2D eigenvalue weighted by molar-refractivity contribution is -0.281. The number of esters is 2. The van der Waals surface area contributed by atoms with E-state index in [4.69, 9.17) is 28.1 Å². The Bertz CT molecular complexity index is 2170. The smallest absolute Gasteiger partial charge is 0.331 e. The molecule has 0 aliphatic carbocycles. The highest BCUT2D eigenvalue weighted by atomic mass is 16.7. The highest BCUT2D eigenvalue weighted by Gasteiger charge is 2.48. The van der Waals surface area contributed by atoms with Crippen molar-refractivity contribution in [2.75, 3.05) is 13.7 Å². The maximum atomic E-state index is 13.4. The van der Waals surface area contributed by atoms with Gasteiger partial charge in [-0.2, -0.15) is 0 Å². The molecule has 0 bridgehead atoms. The molecule has 0 amide bonds. The van der Waals surface area contributed by atoms with Crippen LogP contribution in [0.3, 0.4) is 0 Å². The van der Waals surface area contributed by atoms with Gasteiger partial charge in [-0.15, -0.1) is 0 Å². The lowest BCUT2D eigenvalue weighted by atomic mass is 9.99. The third-order valence-electron chi connectivity index (χ3n) is 8.30. The number of carbonyl (C=O) groups is 2. The molecule has 5 atom stereocenters. The summed E-state index contributed by atoms with van der Waals surface area (Å²) in [5.74, 6) is -0.866. The fourth-order valence-corrected chi connectivity index (χ4v) is 5.43. The summed E-state index contributed by atoms with van der Waals surface area (Å²) in [5, 5.41) is 41.3. The highest BCUT2D eigenvalue weighted by molar-refractivity contribution is 5.88. The van der Waals surface area contributed by atoms with Gasteiger partial charge in [0.25, 0.3) is 0 Å². The van der Waals surface area contributed by atoms with Crippen LogP contribution in [0.15, 0.2) is 119 Å². The minimum atomic E-state index is -1.76. The molecule has 0 saturated carbocycles. The van der Waals surface area contributed by atoms with E-state index < -0.39 is 49.3 Å². The molecule has 1 saturated heterocycles. The van der Waals surface area contributed by atoms with Crippen molar-refractivity contribution < 1.29 is 58.1 Å². The number of hydrogen-bond acceptors (Lipinski definition) is 13. The van der Waals surface area contributed by atoms with Crippen molar-refractivity contribution in [2.45, 2.75) is 30.7 Å². The number of carbonyl (C=O) groups excluding carboxylic acids is 2. The second-order valence-electron chi connectivity index (χ2n) is 11.9. The van der Waals surface area contributed by atoms with Gasteiger partial charge in [-0.05, 0) is 77.4 Å². The van der Waals surface area contributed by atoms with E-state index in [1.165, 1.54) is 60.9 Å². The van der Waals surface area contributed by atoms with Crippen LogP contribution in [0.4, 0.5) is 0 Å². The fourth-order valence-electron chi connectivity index (χ4n) is 5.43. The van der Waals surface area contributed by atoms with Gasteiger partial charge in [0.15, 0.2) is 11.5 Å². The first-order valence-corrected chi connectivity index (χ1v) is 16.3. The van der Waals surface area contributed by atoms with Crippen LogP contribution in [-0.4, -0.2) is 76.8 Å². The van der Waals surface area contributed by atoms with Crippen molar-refractivity contribution in [1.29, 1.82) is 0 Å². The van der Waals surface area contributed by atoms with Crippen molar-refractivity contribution in [2.24, 2.45) is 0 Å². The summed E-state index contributed by atoms with van der Waals surface area (Å²) in [6.07, 6.45) is -1.48. The van der Waals surface area contributed by atoms with Crippen LogP contribution in [0, 0.1) is 0 Å². The zero-order valence-electron chi connectivity index (χ0n) is 28.1. The van der Waals surface area contributed by atoms with Crippen molar-refractivity contribution in [3.05, 3.63) is 131 Å². The molecule has 2 heterocycles. The molecule has 13 nitrogen and oxygen atoms in total. The molecule has 6 rings (SSSR count). The van der Waals surface area contributed by atoms with E-state index in [0.717, 1.165) is 12.2 Å². The monoisotopic (exact) mass is 722 g/mol. The van der Waals surface area contributed by atoms with Gasteiger partial charge in [0, 0.05) is 18.2 Å². The lowest BCUT2D eigenvalue weighted by Gasteiger charge is -2.41. The number of hydrogen-bond donors (Lipinski definition) is 4. The normalized spacial score (nSPS) is 20.0. The van der Waals surface area contributed by atoms with Crippen LogP contribution < -0.4 is 14.9 Å². The number of aliphatic hydroxyl groups excluding tert-OH is 2. The lowest BCUT2D eigenvalue weighted by Crippen LogP contribution is -2.61. The van der Waals surface area contributed by atoms with E-state index in [2.05, 4.69) is 0 Å². The molecule has 53 heavy (non-hydrogen) atoms. The number of phenols is 2. The van der Waals surface area contributed by atoms with Gasteiger partial charge in [0.2, 0.25) is 6.29 Å². The minimum Gasteiger partial charge on any atom is -0.508 e. The van der Waals surface area contributed by atoms with E-state index in [-0.39, 0.29) is 33.6 Å². The average Bonchev–Trinajstić information content (AvgIpc) is 3.17. The molecule has 1 aliphatic rings. The maximum Gasteiger partial charge on any atom is 0.331 e. The molecular weight excluding hydrogens is 688 g/mol. The van der Waals surface area contributed by atoms with Crippen LogP contribution in [0.25, 0.3) is 34.2 Å². The van der Waals surface area contributed by atoms with Crippen molar-refractivity contribution >= 4 is 35.1 Å². The molecule has 0 radical (unpaired) electrons. The number of aromatic hydroxyl groups is 2. The van der Waals surface area contributed by atoms with Crippen LogP contribution in [0.2, 0.25) is 0 Å². The van der Waals surface area contributed by atoms with Gasteiger partial charge >= 0.3 is 11.9 Å². The molecule has 0 spiro atoms. The maximum absolute atomic E-state index is 13.4. The van der Waals surface area contributed by atoms with Crippen LogP contribution in [0.1, 0.15) is 11.1 Å². The van der Waals surface area contributed by atoms with Crippen molar-refractivity contribution in [3.8, 4) is 34.1 Å². The topological polar surface area (TPSA) is 191 Å². The Hall–Kier alpha value is -6.41. The number of phenolic OH excluding ortho intramolecular Hbond substituents is 2.